The fourth-order valence-corrected chi connectivity index (χ4v) is 1.74. The van der Waals surface area contributed by atoms with Gasteiger partial charge in [0, 0.05) is 12.3 Å². The molecule has 20 heavy (non-hydrogen) atoms. The molecule has 0 spiro atoms. The number of halogens is 2. The van der Waals surface area contributed by atoms with Crippen LogP contribution in [0.3, 0.4) is 0 Å². The molecule has 0 saturated heterocycles. The van der Waals surface area contributed by atoms with E-state index >= 15 is 0 Å². The van der Waals surface area contributed by atoms with Gasteiger partial charge in [-0.25, -0.2) is 8.78 Å². The normalized spacial score (nSPS) is 11.9. The average Bonchev–Trinajstić information content (AvgIpc) is 2.43. The molecule has 1 aromatic carbocycles. The molecule has 1 aromatic heterocycles. The topological polar surface area (TPSA) is 39.2 Å². The molecule has 0 amide bonds. The predicted molar refractivity (Wildman–Crippen MR) is 68.8 cm³/mol. The molecular weight excluding hydrogens is 264 g/mol. The van der Waals surface area contributed by atoms with Crippen LogP contribution in [0.25, 0.3) is 0 Å². The molecule has 0 bridgehead atoms. The summed E-state index contributed by atoms with van der Waals surface area (Å²) in [6, 6.07) is 8.35. The third kappa shape index (κ3) is 3.60. The number of carbonyl (C=O) groups is 1. The van der Waals surface area contributed by atoms with Gasteiger partial charge in [0.2, 0.25) is 0 Å². The second-order valence-electron chi connectivity index (χ2n) is 4.30. The van der Waals surface area contributed by atoms with Gasteiger partial charge >= 0.3 is 5.97 Å². The number of esters is 1. The lowest BCUT2D eigenvalue weighted by atomic mass is 10.1. The third-order valence-corrected chi connectivity index (χ3v) is 2.76. The van der Waals surface area contributed by atoms with Crippen LogP contribution in [0.4, 0.5) is 8.78 Å². The molecule has 0 saturated carbocycles. The van der Waals surface area contributed by atoms with Crippen molar-refractivity contribution in [3.05, 3.63) is 65.5 Å². The first kappa shape index (κ1) is 14.1. The monoisotopic (exact) mass is 277 g/mol. The highest BCUT2D eigenvalue weighted by molar-refractivity contribution is 5.72. The van der Waals surface area contributed by atoms with Gasteiger partial charge in [-0.05, 0) is 30.7 Å². The van der Waals surface area contributed by atoms with Crippen LogP contribution in [0.5, 0.6) is 0 Å². The second kappa shape index (κ2) is 6.23. The van der Waals surface area contributed by atoms with Crippen molar-refractivity contribution in [2.24, 2.45) is 0 Å². The minimum Gasteiger partial charge on any atom is -0.456 e. The molecule has 1 heterocycles. The molecule has 0 radical (unpaired) electrons. The SMILES string of the molecule is C[C@H](OC(=O)Cc1ccc(F)cc1F)c1ccccn1. The molecule has 0 N–H and O–H groups in total. The first-order valence-electron chi connectivity index (χ1n) is 6.10. The lowest BCUT2D eigenvalue weighted by molar-refractivity contribution is -0.148. The van der Waals surface area contributed by atoms with E-state index in [0.717, 1.165) is 12.1 Å². The van der Waals surface area contributed by atoms with Crippen molar-refractivity contribution < 1.29 is 18.3 Å². The molecule has 2 rings (SSSR count). The number of hydrogen-bond acceptors (Lipinski definition) is 3. The van der Waals surface area contributed by atoms with Gasteiger partial charge in [0.1, 0.15) is 17.7 Å². The number of ether oxygens (including phenoxy) is 1. The lowest BCUT2D eigenvalue weighted by Gasteiger charge is -2.12. The summed E-state index contributed by atoms with van der Waals surface area (Å²) >= 11 is 0. The average molecular weight is 277 g/mol. The van der Waals surface area contributed by atoms with Gasteiger partial charge < -0.3 is 4.74 Å². The fourth-order valence-electron chi connectivity index (χ4n) is 1.74. The summed E-state index contributed by atoms with van der Waals surface area (Å²) in [5.41, 5.74) is 0.713. The number of hydrogen-bond donors (Lipinski definition) is 0. The maximum absolute atomic E-state index is 13.4. The number of benzene rings is 1. The molecule has 1 atom stereocenters. The summed E-state index contributed by atoms with van der Waals surface area (Å²) in [5, 5.41) is 0. The van der Waals surface area contributed by atoms with Crippen LogP contribution in [0.1, 0.15) is 24.3 Å². The highest BCUT2D eigenvalue weighted by Gasteiger charge is 2.15. The minimum atomic E-state index is -0.757. The van der Waals surface area contributed by atoms with E-state index in [1.807, 2.05) is 0 Å². The van der Waals surface area contributed by atoms with E-state index in [1.165, 1.54) is 6.07 Å². The Balaban J connectivity index is 1.99. The Hall–Kier alpha value is -2.30. The van der Waals surface area contributed by atoms with Crippen LogP contribution in [0.15, 0.2) is 42.6 Å². The molecule has 2 aromatic rings. The van der Waals surface area contributed by atoms with Crippen molar-refractivity contribution in [3.8, 4) is 0 Å². The quantitative estimate of drug-likeness (QED) is 0.806. The molecule has 3 nitrogen and oxygen atoms in total. The van der Waals surface area contributed by atoms with Gasteiger partial charge in [0.15, 0.2) is 0 Å². The maximum Gasteiger partial charge on any atom is 0.311 e. The van der Waals surface area contributed by atoms with Crippen molar-refractivity contribution in [1.29, 1.82) is 0 Å². The van der Waals surface area contributed by atoms with Crippen LogP contribution in [-0.2, 0) is 16.0 Å². The number of nitrogens with zero attached hydrogens (tertiary/aromatic N) is 1. The van der Waals surface area contributed by atoms with Gasteiger partial charge in [-0.1, -0.05) is 12.1 Å². The molecule has 0 aliphatic carbocycles. The number of pyridine rings is 1. The van der Waals surface area contributed by atoms with E-state index in [4.69, 9.17) is 4.74 Å². The molecular formula is C15H13F2NO2. The number of aromatic nitrogens is 1. The zero-order valence-electron chi connectivity index (χ0n) is 10.8. The van der Waals surface area contributed by atoms with Gasteiger partial charge in [0.05, 0.1) is 12.1 Å². The van der Waals surface area contributed by atoms with Crippen molar-refractivity contribution in [2.75, 3.05) is 0 Å². The number of carbonyl (C=O) groups excluding carboxylic acids is 1. The van der Waals surface area contributed by atoms with Gasteiger partial charge in [-0.3, -0.25) is 9.78 Å². The Kier molecular flexibility index (Phi) is 4.40. The zero-order chi connectivity index (χ0) is 14.5. The van der Waals surface area contributed by atoms with Gasteiger partial charge in [0.25, 0.3) is 0 Å². The Bertz CT molecular complexity index is 602. The van der Waals surface area contributed by atoms with E-state index in [9.17, 15) is 13.6 Å². The Morgan fingerprint density at radius 2 is 2.10 bits per heavy atom. The van der Waals surface area contributed by atoms with Crippen molar-refractivity contribution >= 4 is 5.97 Å². The van der Waals surface area contributed by atoms with Crippen LogP contribution in [0, 0.1) is 11.6 Å². The third-order valence-electron chi connectivity index (χ3n) is 2.76. The standard InChI is InChI=1S/C15H13F2NO2/c1-10(14-4-2-3-7-18-14)20-15(19)8-11-5-6-12(16)9-13(11)17/h2-7,9-10H,8H2,1H3/t10-/m0/s1. The summed E-state index contributed by atoms with van der Waals surface area (Å²) in [6.07, 6.45) is 0.829. The van der Waals surface area contributed by atoms with Crippen LogP contribution in [0.2, 0.25) is 0 Å². The molecule has 0 unspecified atom stereocenters. The molecule has 0 aliphatic heterocycles. The zero-order valence-corrected chi connectivity index (χ0v) is 10.8. The van der Waals surface area contributed by atoms with Crippen LogP contribution >= 0.6 is 0 Å². The van der Waals surface area contributed by atoms with E-state index in [-0.39, 0.29) is 12.0 Å². The Morgan fingerprint density at radius 3 is 2.75 bits per heavy atom. The summed E-state index contributed by atoms with van der Waals surface area (Å²) < 4.78 is 31.3. The summed E-state index contributed by atoms with van der Waals surface area (Å²) in [6.45, 7) is 1.68. The van der Waals surface area contributed by atoms with Gasteiger partial charge in [-0.2, -0.15) is 0 Å². The minimum absolute atomic E-state index is 0.102. The predicted octanol–water partition coefficient (Wildman–Crippen LogP) is 3.21. The largest absolute Gasteiger partial charge is 0.456 e. The Morgan fingerprint density at radius 1 is 1.30 bits per heavy atom. The van der Waals surface area contributed by atoms with Gasteiger partial charge in [-0.15, -0.1) is 0 Å². The number of rotatable bonds is 4. The smallest absolute Gasteiger partial charge is 0.311 e. The highest BCUT2D eigenvalue weighted by Crippen LogP contribution is 2.16. The van der Waals surface area contributed by atoms with Crippen molar-refractivity contribution in [1.82, 2.24) is 4.98 Å². The summed E-state index contributed by atoms with van der Waals surface area (Å²) in [5.74, 6) is -2.03. The molecule has 104 valence electrons. The van der Waals surface area contributed by atoms with Crippen LogP contribution in [-0.4, -0.2) is 11.0 Å². The van der Waals surface area contributed by atoms with E-state index in [1.54, 1.807) is 31.3 Å². The van der Waals surface area contributed by atoms with Crippen molar-refractivity contribution in [2.45, 2.75) is 19.4 Å². The van der Waals surface area contributed by atoms with Crippen molar-refractivity contribution in [3.63, 3.8) is 0 Å². The maximum atomic E-state index is 13.4. The molecule has 0 aliphatic rings. The summed E-state index contributed by atoms with van der Waals surface area (Å²) in [4.78, 5) is 15.8. The summed E-state index contributed by atoms with van der Waals surface area (Å²) in [7, 11) is 0. The van der Waals surface area contributed by atoms with E-state index in [0.29, 0.717) is 5.69 Å². The lowest BCUT2D eigenvalue weighted by Crippen LogP contribution is -2.13. The first-order chi connectivity index (χ1) is 9.56. The van der Waals surface area contributed by atoms with E-state index < -0.39 is 23.7 Å². The molecule has 0 fully saturated rings. The van der Waals surface area contributed by atoms with E-state index in [2.05, 4.69) is 4.98 Å². The van der Waals surface area contributed by atoms with Crippen LogP contribution < -0.4 is 0 Å². The molecule has 5 heteroatoms. The fraction of sp³-hybridized carbons (Fsp3) is 0.200. The highest BCUT2D eigenvalue weighted by atomic mass is 19.1. The first-order valence-corrected chi connectivity index (χ1v) is 6.10. The Labute approximate surface area is 115 Å². The second-order valence-corrected chi connectivity index (χ2v) is 4.30.